The van der Waals surface area contributed by atoms with Gasteiger partial charge in [-0.15, -0.1) is 0 Å². The molecule has 1 fully saturated rings. The molecule has 7 nitrogen and oxygen atoms in total. The molecule has 138 valence electrons. The van der Waals surface area contributed by atoms with Crippen molar-refractivity contribution in [2.24, 2.45) is 0 Å². The molecule has 2 heterocycles. The van der Waals surface area contributed by atoms with Crippen molar-refractivity contribution < 1.29 is 9.53 Å². The molecule has 3 rings (SSSR count). The van der Waals surface area contributed by atoms with Crippen LogP contribution in [0.1, 0.15) is 11.1 Å². The largest absolute Gasteiger partial charge is 0.491 e. The van der Waals surface area contributed by atoms with Crippen LogP contribution in [0.2, 0.25) is 0 Å². The third kappa shape index (κ3) is 4.62. The molecule has 2 aromatic rings. The number of nitrogens with one attached hydrogen (secondary N) is 1. The van der Waals surface area contributed by atoms with E-state index in [2.05, 4.69) is 26.3 Å². The Balaban J connectivity index is 1.39. The molecular weight excluding hydrogens is 330 g/mol. The Kier molecular flexibility index (Phi) is 5.88. The smallest absolute Gasteiger partial charge is 0.317 e. The molecule has 1 aliphatic heterocycles. The zero-order valence-corrected chi connectivity index (χ0v) is 15.3. The van der Waals surface area contributed by atoms with Gasteiger partial charge in [-0.1, -0.05) is 12.1 Å². The molecular formula is C19H25N5O2. The maximum absolute atomic E-state index is 12.3. The van der Waals surface area contributed by atoms with Gasteiger partial charge < -0.3 is 19.9 Å². The first-order valence-corrected chi connectivity index (χ1v) is 8.88. The molecule has 0 saturated carbocycles. The number of amides is 2. The van der Waals surface area contributed by atoms with E-state index in [1.165, 1.54) is 0 Å². The van der Waals surface area contributed by atoms with Gasteiger partial charge in [-0.3, -0.25) is 0 Å². The van der Waals surface area contributed by atoms with E-state index in [0.717, 1.165) is 35.9 Å². The number of urea groups is 1. The van der Waals surface area contributed by atoms with E-state index in [1.807, 2.05) is 30.9 Å². The van der Waals surface area contributed by atoms with Crippen LogP contribution in [0, 0.1) is 13.8 Å². The van der Waals surface area contributed by atoms with Crippen LogP contribution in [0.3, 0.4) is 0 Å². The summed E-state index contributed by atoms with van der Waals surface area (Å²) >= 11 is 0. The number of nitrogens with zero attached hydrogens (tertiary/aromatic N) is 4. The number of aromatic nitrogens is 2. The van der Waals surface area contributed by atoms with Crippen molar-refractivity contribution in [3.8, 4) is 5.75 Å². The second kappa shape index (κ2) is 8.51. The first kappa shape index (κ1) is 18.0. The summed E-state index contributed by atoms with van der Waals surface area (Å²) in [4.78, 5) is 24.7. The third-order valence-corrected chi connectivity index (χ3v) is 4.38. The van der Waals surface area contributed by atoms with E-state index in [0.29, 0.717) is 26.2 Å². The number of piperazine rings is 1. The molecule has 1 N–H and O–H groups in total. The van der Waals surface area contributed by atoms with Gasteiger partial charge in [-0.25, -0.2) is 14.8 Å². The summed E-state index contributed by atoms with van der Waals surface area (Å²) in [6.45, 7) is 7.76. The number of aryl methyl sites for hydroxylation is 2. The van der Waals surface area contributed by atoms with Crippen LogP contribution >= 0.6 is 0 Å². The highest BCUT2D eigenvalue weighted by atomic mass is 16.5. The lowest BCUT2D eigenvalue weighted by molar-refractivity contribution is 0.191. The molecule has 1 aliphatic rings. The van der Waals surface area contributed by atoms with Crippen molar-refractivity contribution in [2.75, 3.05) is 44.2 Å². The topological polar surface area (TPSA) is 70.6 Å². The summed E-state index contributed by atoms with van der Waals surface area (Å²) in [7, 11) is 0. The quantitative estimate of drug-likeness (QED) is 0.831. The second-order valence-corrected chi connectivity index (χ2v) is 6.37. The van der Waals surface area contributed by atoms with E-state index < -0.39 is 0 Å². The van der Waals surface area contributed by atoms with E-state index in [-0.39, 0.29) is 6.03 Å². The predicted octanol–water partition coefficient (Wildman–Crippen LogP) is 2.00. The average molecular weight is 355 g/mol. The number of ether oxygens (including phenoxy) is 1. The molecule has 26 heavy (non-hydrogen) atoms. The Bertz CT molecular complexity index is 730. The summed E-state index contributed by atoms with van der Waals surface area (Å²) in [6, 6.07) is 7.86. The summed E-state index contributed by atoms with van der Waals surface area (Å²) in [5.74, 6) is 1.59. The second-order valence-electron chi connectivity index (χ2n) is 6.37. The predicted molar refractivity (Wildman–Crippen MR) is 101 cm³/mol. The average Bonchev–Trinajstić information content (AvgIpc) is 2.68. The minimum Gasteiger partial charge on any atom is -0.491 e. The summed E-state index contributed by atoms with van der Waals surface area (Å²) in [5.41, 5.74) is 2.26. The van der Waals surface area contributed by atoms with Crippen molar-refractivity contribution in [3.05, 3.63) is 47.8 Å². The van der Waals surface area contributed by atoms with Crippen LogP contribution in [0.15, 0.2) is 36.7 Å². The Morgan fingerprint density at radius 1 is 1.15 bits per heavy atom. The fraction of sp³-hybridized carbons (Fsp3) is 0.421. The number of carbonyl (C=O) groups excluding carboxylic acids is 1. The number of hydrogen-bond donors (Lipinski definition) is 1. The molecule has 1 saturated heterocycles. The maximum Gasteiger partial charge on any atom is 0.317 e. The van der Waals surface area contributed by atoms with Crippen molar-refractivity contribution in [2.45, 2.75) is 13.8 Å². The normalized spacial score (nSPS) is 14.2. The number of hydrogen-bond acceptors (Lipinski definition) is 5. The molecule has 2 amide bonds. The van der Waals surface area contributed by atoms with Gasteiger partial charge in [0.05, 0.1) is 6.54 Å². The lowest BCUT2D eigenvalue weighted by Crippen LogP contribution is -2.52. The molecule has 7 heteroatoms. The van der Waals surface area contributed by atoms with Gasteiger partial charge in [-0.05, 0) is 37.1 Å². The molecule has 0 spiro atoms. The zero-order chi connectivity index (χ0) is 18.4. The summed E-state index contributed by atoms with van der Waals surface area (Å²) < 4.78 is 5.77. The Labute approximate surface area is 154 Å². The molecule has 1 aromatic heterocycles. The minimum absolute atomic E-state index is 0.0526. The van der Waals surface area contributed by atoms with Crippen molar-refractivity contribution in [1.82, 2.24) is 20.2 Å². The SMILES string of the molecule is Cc1ccc(C)c(OCCNC(=O)N2CCN(c3ncccn3)CC2)c1. The van der Waals surface area contributed by atoms with Gasteiger partial charge in [0.1, 0.15) is 12.4 Å². The lowest BCUT2D eigenvalue weighted by atomic mass is 10.1. The van der Waals surface area contributed by atoms with Gasteiger partial charge in [0, 0.05) is 38.6 Å². The lowest BCUT2D eigenvalue weighted by Gasteiger charge is -2.34. The van der Waals surface area contributed by atoms with Crippen LogP contribution in [-0.2, 0) is 0 Å². The van der Waals surface area contributed by atoms with Gasteiger partial charge in [0.15, 0.2) is 0 Å². The van der Waals surface area contributed by atoms with Crippen LogP contribution in [0.5, 0.6) is 5.75 Å². The van der Waals surface area contributed by atoms with Crippen LogP contribution < -0.4 is 15.0 Å². The number of rotatable bonds is 5. The van der Waals surface area contributed by atoms with Gasteiger partial charge in [-0.2, -0.15) is 0 Å². The summed E-state index contributed by atoms with van der Waals surface area (Å²) in [6.07, 6.45) is 3.47. The molecule has 0 aliphatic carbocycles. The highest BCUT2D eigenvalue weighted by Crippen LogP contribution is 2.18. The Morgan fingerprint density at radius 2 is 1.88 bits per heavy atom. The van der Waals surface area contributed by atoms with E-state index in [1.54, 1.807) is 18.5 Å². The molecule has 1 aromatic carbocycles. The minimum atomic E-state index is -0.0526. The van der Waals surface area contributed by atoms with Gasteiger partial charge >= 0.3 is 6.03 Å². The van der Waals surface area contributed by atoms with Gasteiger partial charge in [0.25, 0.3) is 0 Å². The van der Waals surface area contributed by atoms with Crippen LogP contribution in [0.4, 0.5) is 10.7 Å². The molecule has 0 atom stereocenters. The zero-order valence-electron chi connectivity index (χ0n) is 15.3. The summed E-state index contributed by atoms with van der Waals surface area (Å²) in [5, 5.41) is 2.92. The fourth-order valence-corrected chi connectivity index (χ4v) is 2.86. The molecule has 0 radical (unpaired) electrons. The highest BCUT2D eigenvalue weighted by Gasteiger charge is 2.22. The van der Waals surface area contributed by atoms with E-state index in [9.17, 15) is 4.79 Å². The highest BCUT2D eigenvalue weighted by molar-refractivity contribution is 5.74. The number of carbonyl (C=O) groups is 1. The maximum atomic E-state index is 12.3. The van der Waals surface area contributed by atoms with Gasteiger partial charge in [0.2, 0.25) is 5.95 Å². The molecule has 0 bridgehead atoms. The van der Waals surface area contributed by atoms with Crippen molar-refractivity contribution >= 4 is 12.0 Å². The van der Waals surface area contributed by atoms with Crippen LogP contribution in [-0.4, -0.2) is 60.2 Å². The van der Waals surface area contributed by atoms with E-state index >= 15 is 0 Å². The van der Waals surface area contributed by atoms with Crippen LogP contribution in [0.25, 0.3) is 0 Å². The fourth-order valence-electron chi connectivity index (χ4n) is 2.86. The van der Waals surface area contributed by atoms with Crippen molar-refractivity contribution in [3.63, 3.8) is 0 Å². The Hall–Kier alpha value is -2.83. The first-order chi connectivity index (χ1) is 12.6. The number of benzene rings is 1. The number of anilines is 1. The Morgan fingerprint density at radius 3 is 2.62 bits per heavy atom. The van der Waals surface area contributed by atoms with E-state index in [4.69, 9.17) is 4.74 Å². The third-order valence-electron chi connectivity index (χ3n) is 4.38. The standard InChI is InChI=1S/C19H25N5O2/c1-15-4-5-16(2)17(14-15)26-13-8-22-19(25)24-11-9-23(10-12-24)18-20-6-3-7-21-18/h3-7,14H,8-13H2,1-2H3,(H,22,25). The van der Waals surface area contributed by atoms with Crippen molar-refractivity contribution in [1.29, 1.82) is 0 Å². The molecule has 0 unspecified atom stereocenters. The monoisotopic (exact) mass is 355 g/mol. The first-order valence-electron chi connectivity index (χ1n) is 8.88.